The van der Waals surface area contributed by atoms with Crippen molar-refractivity contribution in [1.82, 2.24) is 5.32 Å². The van der Waals surface area contributed by atoms with Gasteiger partial charge in [-0.15, -0.1) is 0 Å². The summed E-state index contributed by atoms with van der Waals surface area (Å²) in [6, 6.07) is 8.42. The van der Waals surface area contributed by atoms with Gasteiger partial charge in [-0.25, -0.2) is 0 Å². The number of hydrogen-bond acceptors (Lipinski definition) is 5. The normalized spacial score (nSPS) is 11.4. The second-order valence-electron chi connectivity index (χ2n) is 5.20. The fourth-order valence-electron chi connectivity index (χ4n) is 1.90. The molecular weight excluding hydrogens is 437 g/mol. The van der Waals surface area contributed by atoms with E-state index in [-0.39, 0.29) is 20.8 Å². The predicted molar refractivity (Wildman–Crippen MR) is 109 cm³/mol. The van der Waals surface area contributed by atoms with Crippen molar-refractivity contribution < 1.29 is 14.5 Å². The lowest BCUT2D eigenvalue weighted by Gasteiger charge is -2.17. The number of non-ortho nitro benzene ring substituents is 1. The van der Waals surface area contributed by atoms with E-state index in [0.29, 0.717) is 16.5 Å². The van der Waals surface area contributed by atoms with Gasteiger partial charge in [0.05, 0.1) is 20.7 Å². The Morgan fingerprint density at radius 1 is 1.19 bits per heavy atom. The molecule has 2 aromatic rings. The highest BCUT2D eigenvalue weighted by Crippen LogP contribution is 2.28. The van der Waals surface area contributed by atoms with Crippen molar-refractivity contribution in [3.05, 3.63) is 61.6 Å². The number of nitrogens with one attached hydrogen (secondary N) is 2. The molecule has 0 fully saturated rings. The van der Waals surface area contributed by atoms with Crippen molar-refractivity contribution in [2.24, 2.45) is 0 Å². The Morgan fingerprint density at radius 2 is 1.89 bits per heavy atom. The third kappa shape index (κ3) is 5.93. The molecule has 11 heteroatoms. The van der Waals surface area contributed by atoms with Gasteiger partial charge in [0.25, 0.3) is 11.6 Å². The van der Waals surface area contributed by atoms with E-state index in [1.165, 1.54) is 31.2 Å². The first-order chi connectivity index (χ1) is 12.7. The summed E-state index contributed by atoms with van der Waals surface area (Å²) in [5.74, 6) is -0.238. The van der Waals surface area contributed by atoms with E-state index in [1.54, 1.807) is 12.1 Å². The molecule has 0 saturated carbocycles. The van der Waals surface area contributed by atoms with Crippen LogP contribution < -0.4 is 15.4 Å². The molecule has 2 rings (SSSR count). The molecule has 2 N–H and O–H groups in total. The van der Waals surface area contributed by atoms with Crippen LogP contribution in [0.1, 0.15) is 6.92 Å². The molecule has 0 radical (unpaired) electrons. The summed E-state index contributed by atoms with van der Waals surface area (Å²) in [5, 5.41) is 16.6. The van der Waals surface area contributed by atoms with Gasteiger partial charge in [0.2, 0.25) is 0 Å². The Kier molecular flexibility index (Phi) is 7.20. The fraction of sp³-hybridized carbons (Fsp3) is 0.125. The molecule has 1 atom stereocenters. The molecule has 0 saturated heterocycles. The standard InChI is InChI=1S/C16H12Cl3N3O4S/c1-8(26-14-5-2-9(17)6-12(14)19)15(23)21-16(27)20-13-4-3-10(22(24)25)7-11(13)18/h2-8H,1H3,(H2,20,21,23,27). The lowest BCUT2D eigenvalue weighted by Crippen LogP contribution is -2.42. The van der Waals surface area contributed by atoms with Crippen molar-refractivity contribution in [2.45, 2.75) is 13.0 Å². The highest BCUT2D eigenvalue weighted by molar-refractivity contribution is 7.80. The number of nitro benzene ring substituents is 1. The second-order valence-corrected chi connectivity index (χ2v) is 6.86. The predicted octanol–water partition coefficient (Wildman–Crippen LogP) is 4.84. The van der Waals surface area contributed by atoms with Crippen LogP contribution in [-0.2, 0) is 4.79 Å². The van der Waals surface area contributed by atoms with Crippen LogP contribution in [0, 0.1) is 10.1 Å². The van der Waals surface area contributed by atoms with Gasteiger partial charge in [-0.2, -0.15) is 0 Å². The van der Waals surface area contributed by atoms with Gasteiger partial charge in [-0.05, 0) is 43.4 Å². The zero-order valence-electron chi connectivity index (χ0n) is 13.7. The number of thiocarbonyl (C=S) groups is 1. The topological polar surface area (TPSA) is 93.5 Å². The third-order valence-corrected chi connectivity index (χ3v) is 4.26. The van der Waals surface area contributed by atoms with Crippen LogP contribution in [0.25, 0.3) is 0 Å². The summed E-state index contributed by atoms with van der Waals surface area (Å²) in [5.41, 5.74) is 0.143. The highest BCUT2D eigenvalue weighted by Gasteiger charge is 2.18. The molecule has 0 aromatic heterocycles. The molecule has 0 bridgehead atoms. The molecule has 0 heterocycles. The van der Waals surface area contributed by atoms with Crippen LogP contribution in [0.3, 0.4) is 0 Å². The maximum absolute atomic E-state index is 12.2. The molecular formula is C16H12Cl3N3O4S. The first-order valence-electron chi connectivity index (χ1n) is 7.35. The van der Waals surface area contributed by atoms with Gasteiger partial charge in [-0.3, -0.25) is 20.2 Å². The lowest BCUT2D eigenvalue weighted by molar-refractivity contribution is -0.384. The number of amides is 1. The largest absolute Gasteiger partial charge is 0.479 e. The molecule has 7 nitrogen and oxygen atoms in total. The summed E-state index contributed by atoms with van der Waals surface area (Å²) < 4.78 is 5.49. The van der Waals surface area contributed by atoms with E-state index >= 15 is 0 Å². The molecule has 0 aliphatic rings. The van der Waals surface area contributed by atoms with Crippen LogP contribution in [0.2, 0.25) is 15.1 Å². The van der Waals surface area contributed by atoms with Crippen molar-refractivity contribution in [3.63, 3.8) is 0 Å². The Morgan fingerprint density at radius 3 is 2.48 bits per heavy atom. The number of ether oxygens (including phenoxy) is 1. The lowest BCUT2D eigenvalue weighted by atomic mass is 10.3. The average Bonchev–Trinajstić information content (AvgIpc) is 2.58. The van der Waals surface area contributed by atoms with Crippen molar-refractivity contribution in [2.75, 3.05) is 5.32 Å². The molecule has 27 heavy (non-hydrogen) atoms. The molecule has 0 aliphatic heterocycles. The molecule has 0 aliphatic carbocycles. The minimum Gasteiger partial charge on any atom is -0.479 e. The van der Waals surface area contributed by atoms with E-state index in [0.717, 1.165) is 0 Å². The summed E-state index contributed by atoms with van der Waals surface area (Å²) in [4.78, 5) is 22.3. The minimum atomic E-state index is -0.907. The van der Waals surface area contributed by atoms with Crippen LogP contribution in [0.4, 0.5) is 11.4 Å². The Labute approximate surface area is 174 Å². The average molecular weight is 449 g/mol. The molecule has 1 unspecified atom stereocenters. The zero-order chi connectivity index (χ0) is 20.1. The second kappa shape index (κ2) is 9.18. The van der Waals surface area contributed by atoms with Crippen LogP contribution in [-0.4, -0.2) is 22.0 Å². The number of hydrogen-bond donors (Lipinski definition) is 2. The van der Waals surface area contributed by atoms with E-state index < -0.39 is 16.9 Å². The molecule has 0 spiro atoms. The van der Waals surface area contributed by atoms with Gasteiger partial charge >= 0.3 is 0 Å². The van der Waals surface area contributed by atoms with Crippen molar-refractivity contribution in [1.29, 1.82) is 0 Å². The Hall–Kier alpha value is -2.13. The smallest absolute Gasteiger partial charge is 0.271 e. The monoisotopic (exact) mass is 447 g/mol. The van der Waals surface area contributed by atoms with Gasteiger partial charge in [0.15, 0.2) is 11.2 Å². The fourth-order valence-corrected chi connectivity index (χ4v) is 2.79. The number of benzene rings is 2. The van der Waals surface area contributed by atoms with E-state index in [2.05, 4.69) is 10.6 Å². The number of carbonyl (C=O) groups excluding carboxylic acids is 1. The van der Waals surface area contributed by atoms with E-state index in [9.17, 15) is 14.9 Å². The number of rotatable bonds is 5. The van der Waals surface area contributed by atoms with E-state index in [1.807, 2.05) is 0 Å². The zero-order valence-corrected chi connectivity index (χ0v) is 16.7. The number of anilines is 1. The first-order valence-corrected chi connectivity index (χ1v) is 8.89. The minimum absolute atomic E-state index is 0.0478. The number of nitrogens with zero attached hydrogens (tertiary/aromatic N) is 1. The number of carbonyl (C=O) groups is 1. The van der Waals surface area contributed by atoms with Crippen molar-refractivity contribution >= 4 is 69.4 Å². The van der Waals surface area contributed by atoms with Crippen LogP contribution in [0.5, 0.6) is 5.75 Å². The molecule has 1 amide bonds. The number of halogens is 3. The van der Waals surface area contributed by atoms with Gasteiger partial charge < -0.3 is 10.1 Å². The summed E-state index contributed by atoms with van der Waals surface area (Å²) in [7, 11) is 0. The molecule has 2 aromatic carbocycles. The van der Waals surface area contributed by atoms with E-state index in [4.69, 9.17) is 51.8 Å². The summed E-state index contributed by atoms with van der Waals surface area (Å²) >= 11 is 22.8. The highest BCUT2D eigenvalue weighted by atomic mass is 35.5. The summed E-state index contributed by atoms with van der Waals surface area (Å²) in [6.45, 7) is 1.52. The van der Waals surface area contributed by atoms with Crippen LogP contribution in [0.15, 0.2) is 36.4 Å². The first kappa shape index (κ1) is 21.2. The van der Waals surface area contributed by atoms with Gasteiger partial charge in [0.1, 0.15) is 5.75 Å². The number of nitro groups is 1. The quantitative estimate of drug-likeness (QED) is 0.386. The Balaban J connectivity index is 1.96. The third-order valence-electron chi connectivity index (χ3n) is 3.22. The van der Waals surface area contributed by atoms with Gasteiger partial charge in [0, 0.05) is 17.2 Å². The van der Waals surface area contributed by atoms with Gasteiger partial charge in [-0.1, -0.05) is 34.8 Å². The SMILES string of the molecule is CC(Oc1ccc(Cl)cc1Cl)C(=O)NC(=S)Nc1ccc([N+](=O)[O-])cc1Cl. The molecule has 142 valence electrons. The Bertz CT molecular complexity index is 910. The maximum Gasteiger partial charge on any atom is 0.271 e. The van der Waals surface area contributed by atoms with Crippen LogP contribution >= 0.6 is 47.0 Å². The summed E-state index contributed by atoms with van der Waals surface area (Å²) in [6.07, 6.45) is -0.907. The maximum atomic E-state index is 12.2. The van der Waals surface area contributed by atoms with Crippen molar-refractivity contribution in [3.8, 4) is 5.75 Å².